The first-order valence-corrected chi connectivity index (χ1v) is 8.89. The van der Waals surface area contributed by atoms with Crippen LogP contribution in [0.2, 0.25) is 0 Å². The van der Waals surface area contributed by atoms with Gasteiger partial charge in [-0.3, -0.25) is 9.59 Å². The van der Waals surface area contributed by atoms with E-state index in [9.17, 15) is 19.8 Å². The normalized spacial score (nSPS) is 12.5. The van der Waals surface area contributed by atoms with Crippen LogP contribution in [0, 0.1) is 0 Å². The fraction of sp³-hybridized carbons (Fsp3) is 0. The summed E-state index contributed by atoms with van der Waals surface area (Å²) in [5, 5.41) is 21.0. The molecule has 0 aliphatic heterocycles. The molecule has 0 saturated heterocycles. The second-order valence-electron chi connectivity index (χ2n) is 6.18. The molecule has 0 aromatic heterocycles. The Morgan fingerprint density at radius 3 is 1.96 bits per heavy atom. The lowest BCUT2D eigenvalue weighted by atomic mass is 9.81. The van der Waals surface area contributed by atoms with Crippen LogP contribution in [-0.2, 0) is 0 Å². The Balaban J connectivity index is 1.96. The SMILES string of the molecule is Nc1cc(Br)c(O)c2c1C(=O)c1c(N)cc(Oc3ccccc3)c(O)c1C2=O. The van der Waals surface area contributed by atoms with Gasteiger partial charge in [0, 0.05) is 17.4 Å². The highest BCUT2D eigenvalue weighted by Gasteiger charge is 2.39. The highest BCUT2D eigenvalue weighted by atomic mass is 79.9. The van der Waals surface area contributed by atoms with E-state index in [4.69, 9.17) is 16.2 Å². The van der Waals surface area contributed by atoms with Gasteiger partial charge in [-0.15, -0.1) is 0 Å². The van der Waals surface area contributed by atoms with Gasteiger partial charge in [-0.05, 0) is 34.1 Å². The Hall–Kier alpha value is -3.52. The van der Waals surface area contributed by atoms with Gasteiger partial charge < -0.3 is 26.4 Å². The predicted octanol–water partition coefficient (Wildman–Crippen LogP) is 3.59. The molecule has 0 spiro atoms. The standard InChI is InChI=1S/C20H13BrN2O5/c21-9-6-10(22)13-15(17(9)24)20(27)16-14(19(13)26)11(23)7-12(18(16)25)28-8-4-2-1-3-5-8/h1-7,24-25H,22-23H2. The number of nitrogens with two attached hydrogens (primary N) is 2. The van der Waals surface area contributed by atoms with E-state index in [0.717, 1.165) is 0 Å². The number of carbonyl (C=O) groups is 2. The third-order valence-electron chi connectivity index (χ3n) is 4.46. The average molecular weight is 441 g/mol. The first kappa shape index (κ1) is 17.9. The van der Waals surface area contributed by atoms with E-state index in [1.165, 1.54) is 12.1 Å². The summed E-state index contributed by atoms with van der Waals surface area (Å²) in [7, 11) is 0. The smallest absolute Gasteiger partial charge is 0.202 e. The minimum atomic E-state index is -0.780. The van der Waals surface area contributed by atoms with Crippen molar-refractivity contribution in [2.45, 2.75) is 0 Å². The number of aromatic hydroxyl groups is 2. The van der Waals surface area contributed by atoms with Crippen molar-refractivity contribution in [2.24, 2.45) is 0 Å². The molecule has 3 aromatic carbocycles. The van der Waals surface area contributed by atoms with Crippen LogP contribution < -0.4 is 16.2 Å². The third-order valence-corrected chi connectivity index (χ3v) is 5.06. The van der Waals surface area contributed by atoms with Crippen LogP contribution >= 0.6 is 15.9 Å². The van der Waals surface area contributed by atoms with Crippen LogP contribution in [-0.4, -0.2) is 21.8 Å². The number of nitrogen functional groups attached to an aromatic ring is 2. The summed E-state index contributed by atoms with van der Waals surface area (Å²) in [5.74, 6) is -2.12. The Morgan fingerprint density at radius 1 is 0.786 bits per heavy atom. The van der Waals surface area contributed by atoms with Crippen molar-refractivity contribution in [1.29, 1.82) is 0 Å². The Labute approximate surface area is 167 Å². The molecule has 7 nitrogen and oxygen atoms in total. The van der Waals surface area contributed by atoms with E-state index < -0.39 is 23.1 Å². The van der Waals surface area contributed by atoms with E-state index in [0.29, 0.717) is 5.75 Å². The van der Waals surface area contributed by atoms with Crippen molar-refractivity contribution in [2.75, 3.05) is 11.5 Å². The zero-order valence-electron chi connectivity index (χ0n) is 14.2. The molecule has 3 aromatic rings. The van der Waals surface area contributed by atoms with E-state index >= 15 is 0 Å². The van der Waals surface area contributed by atoms with Gasteiger partial charge in [0.25, 0.3) is 0 Å². The van der Waals surface area contributed by atoms with Crippen molar-refractivity contribution in [3.63, 3.8) is 0 Å². The van der Waals surface area contributed by atoms with E-state index in [1.54, 1.807) is 30.3 Å². The summed E-state index contributed by atoms with van der Waals surface area (Å²) in [4.78, 5) is 26.1. The Morgan fingerprint density at radius 2 is 1.32 bits per heavy atom. The van der Waals surface area contributed by atoms with Gasteiger partial charge in [-0.1, -0.05) is 18.2 Å². The number of fused-ring (bicyclic) bond motifs is 2. The van der Waals surface area contributed by atoms with Crippen LogP contribution in [0.15, 0.2) is 46.9 Å². The molecule has 8 heteroatoms. The number of phenols is 2. The number of benzene rings is 3. The van der Waals surface area contributed by atoms with Crippen LogP contribution in [0.1, 0.15) is 31.8 Å². The minimum absolute atomic E-state index is 0.00665. The summed E-state index contributed by atoms with van der Waals surface area (Å²) < 4.78 is 5.77. The van der Waals surface area contributed by atoms with E-state index in [-0.39, 0.29) is 43.9 Å². The van der Waals surface area contributed by atoms with Gasteiger partial charge in [0.1, 0.15) is 11.5 Å². The first-order chi connectivity index (χ1) is 13.3. The second-order valence-corrected chi connectivity index (χ2v) is 7.04. The average Bonchev–Trinajstić information content (AvgIpc) is 2.66. The molecule has 0 fully saturated rings. The number of para-hydroxylation sites is 1. The maximum atomic E-state index is 13.1. The number of halogens is 1. The first-order valence-electron chi connectivity index (χ1n) is 8.10. The topological polar surface area (TPSA) is 136 Å². The molecule has 0 atom stereocenters. The molecule has 1 aliphatic carbocycles. The molecule has 0 bridgehead atoms. The summed E-state index contributed by atoms with van der Waals surface area (Å²) in [6.07, 6.45) is 0. The number of anilines is 2. The van der Waals surface area contributed by atoms with Crippen molar-refractivity contribution in [1.82, 2.24) is 0 Å². The van der Waals surface area contributed by atoms with Crippen LogP contribution in [0.25, 0.3) is 0 Å². The second kappa shape index (κ2) is 6.28. The van der Waals surface area contributed by atoms with Crippen molar-refractivity contribution < 1.29 is 24.5 Å². The van der Waals surface area contributed by atoms with Crippen LogP contribution in [0.5, 0.6) is 23.0 Å². The zero-order chi connectivity index (χ0) is 20.2. The predicted molar refractivity (Wildman–Crippen MR) is 106 cm³/mol. The molecule has 0 unspecified atom stereocenters. The lowest BCUT2D eigenvalue weighted by Gasteiger charge is -2.23. The number of hydrogen-bond donors (Lipinski definition) is 4. The molecular formula is C20H13BrN2O5. The molecule has 1 aliphatic rings. The lowest BCUT2D eigenvalue weighted by molar-refractivity contribution is 0.0975. The van der Waals surface area contributed by atoms with Gasteiger partial charge in [0.2, 0.25) is 5.78 Å². The number of ketones is 2. The van der Waals surface area contributed by atoms with E-state index in [1.807, 2.05) is 0 Å². The number of hydrogen-bond acceptors (Lipinski definition) is 7. The molecule has 4 rings (SSSR count). The van der Waals surface area contributed by atoms with Gasteiger partial charge >= 0.3 is 0 Å². The number of carbonyl (C=O) groups excluding carboxylic acids is 2. The molecule has 28 heavy (non-hydrogen) atoms. The molecule has 0 heterocycles. The Kier molecular flexibility index (Phi) is 4.01. The fourth-order valence-electron chi connectivity index (χ4n) is 3.20. The molecular weight excluding hydrogens is 428 g/mol. The number of rotatable bonds is 2. The zero-order valence-corrected chi connectivity index (χ0v) is 15.8. The maximum Gasteiger partial charge on any atom is 0.202 e. The molecule has 0 saturated carbocycles. The Bertz CT molecular complexity index is 1180. The highest BCUT2D eigenvalue weighted by molar-refractivity contribution is 9.10. The largest absolute Gasteiger partial charge is 0.506 e. The minimum Gasteiger partial charge on any atom is -0.506 e. The highest BCUT2D eigenvalue weighted by Crippen LogP contribution is 2.47. The fourth-order valence-corrected chi connectivity index (χ4v) is 3.65. The van der Waals surface area contributed by atoms with Gasteiger partial charge in [-0.2, -0.15) is 0 Å². The number of phenolic OH excluding ortho intramolecular Hbond substituents is 2. The van der Waals surface area contributed by atoms with Crippen molar-refractivity contribution in [3.8, 4) is 23.0 Å². The van der Waals surface area contributed by atoms with Crippen molar-refractivity contribution >= 4 is 38.9 Å². The number of ether oxygens (including phenoxy) is 1. The monoisotopic (exact) mass is 440 g/mol. The molecule has 0 radical (unpaired) electrons. The quantitative estimate of drug-likeness (QED) is 0.276. The van der Waals surface area contributed by atoms with Gasteiger partial charge in [0.05, 0.1) is 26.7 Å². The maximum absolute atomic E-state index is 13.1. The van der Waals surface area contributed by atoms with Crippen LogP contribution in [0.4, 0.5) is 11.4 Å². The van der Waals surface area contributed by atoms with Crippen LogP contribution in [0.3, 0.4) is 0 Å². The molecule has 0 amide bonds. The van der Waals surface area contributed by atoms with Crippen molar-refractivity contribution in [3.05, 3.63) is 69.2 Å². The third kappa shape index (κ3) is 2.49. The summed E-state index contributed by atoms with van der Waals surface area (Å²) in [5.41, 5.74) is 10.9. The van der Waals surface area contributed by atoms with Gasteiger partial charge in [0.15, 0.2) is 17.3 Å². The van der Waals surface area contributed by atoms with Gasteiger partial charge in [-0.25, -0.2) is 0 Å². The summed E-state index contributed by atoms with van der Waals surface area (Å²) >= 11 is 3.10. The summed E-state index contributed by atoms with van der Waals surface area (Å²) in [6, 6.07) is 11.2. The molecule has 6 N–H and O–H groups in total. The van der Waals surface area contributed by atoms with E-state index in [2.05, 4.69) is 15.9 Å². The summed E-state index contributed by atoms with van der Waals surface area (Å²) in [6.45, 7) is 0. The molecule has 140 valence electrons. The lowest BCUT2D eigenvalue weighted by Crippen LogP contribution is -2.24.